The van der Waals surface area contributed by atoms with E-state index in [1.54, 1.807) is 0 Å². The minimum Gasteiger partial charge on any atom is -0.379 e. The predicted octanol–water partition coefficient (Wildman–Crippen LogP) is 0.639. The summed E-state index contributed by atoms with van der Waals surface area (Å²) in [5.74, 6) is 0. The summed E-state index contributed by atoms with van der Waals surface area (Å²) in [7, 11) is -4.34. The lowest BCUT2D eigenvalue weighted by Gasteiger charge is -2.04. The standard InChI is InChI=1S/C8H18O6S/c1-2-3-4-12-5-6-13-7-8-14-15(9,10)11/h2-8H2,1H3,(H,9,10,11). The third-order valence-electron chi connectivity index (χ3n) is 1.47. The van der Waals surface area contributed by atoms with E-state index in [1.165, 1.54) is 0 Å². The Balaban J connectivity index is 3.06. The van der Waals surface area contributed by atoms with Crippen molar-refractivity contribution in [2.45, 2.75) is 19.8 Å². The topological polar surface area (TPSA) is 82.1 Å². The van der Waals surface area contributed by atoms with E-state index < -0.39 is 10.4 Å². The number of hydrogen-bond donors (Lipinski definition) is 1. The molecule has 0 fully saturated rings. The number of unbranched alkanes of at least 4 members (excludes halogenated alkanes) is 1. The highest BCUT2D eigenvalue weighted by atomic mass is 32.3. The summed E-state index contributed by atoms with van der Waals surface area (Å²) >= 11 is 0. The molecule has 0 saturated heterocycles. The summed E-state index contributed by atoms with van der Waals surface area (Å²) in [5.41, 5.74) is 0. The van der Waals surface area contributed by atoms with E-state index in [4.69, 9.17) is 14.0 Å². The molecule has 0 aromatic rings. The molecular formula is C8H18O6S. The molecule has 0 aromatic carbocycles. The van der Waals surface area contributed by atoms with Gasteiger partial charge in [0.05, 0.1) is 26.4 Å². The predicted molar refractivity (Wildman–Crippen MR) is 54.0 cm³/mol. The second kappa shape index (κ2) is 9.05. The largest absolute Gasteiger partial charge is 0.397 e. The Morgan fingerprint density at radius 2 is 1.53 bits per heavy atom. The van der Waals surface area contributed by atoms with Gasteiger partial charge >= 0.3 is 10.4 Å². The zero-order valence-corrected chi connectivity index (χ0v) is 9.66. The molecule has 0 spiro atoms. The van der Waals surface area contributed by atoms with Crippen LogP contribution in [0.1, 0.15) is 19.8 Å². The molecule has 0 saturated carbocycles. The maximum atomic E-state index is 10.1. The Morgan fingerprint density at radius 1 is 1.00 bits per heavy atom. The van der Waals surface area contributed by atoms with Crippen LogP contribution in [-0.4, -0.2) is 46.0 Å². The normalized spacial score (nSPS) is 11.9. The Morgan fingerprint density at radius 3 is 2.07 bits per heavy atom. The average Bonchev–Trinajstić information content (AvgIpc) is 2.14. The molecule has 1 N–H and O–H groups in total. The van der Waals surface area contributed by atoms with Crippen molar-refractivity contribution in [2.75, 3.05) is 33.0 Å². The molecule has 15 heavy (non-hydrogen) atoms. The third-order valence-corrected chi connectivity index (χ3v) is 1.94. The number of rotatable bonds is 10. The highest BCUT2D eigenvalue weighted by Crippen LogP contribution is 1.89. The molecule has 0 amide bonds. The van der Waals surface area contributed by atoms with Crippen LogP contribution in [0.3, 0.4) is 0 Å². The van der Waals surface area contributed by atoms with Crippen molar-refractivity contribution in [3.63, 3.8) is 0 Å². The first-order valence-electron chi connectivity index (χ1n) is 4.83. The molecule has 0 aliphatic rings. The zero-order chi connectivity index (χ0) is 11.6. The molecule has 0 radical (unpaired) electrons. The quantitative estimate of drug-likeness (QED) is 0.447. The van der Waals surface area contributed by atoms with Gasteiger partial charge < -0.3 is 9.47 Å². The molecular weight excluding hydrogens is 224 g/mol. The minimum absolute atomic E-state index is 0.108. The lowest BCUT2D eigenvalue weighted by molar-refractivity contribution is 0.0350. The van der Waals surface area contributed by atoms with Gasteiger partial charge in [0.1, 0.15) is 0 Å². The molecule has 0 atom stereocenters. The summed E-state index contributed by atoms with van der Waals surface area (Å²) in [4.78, 5) is 0. The molecule has 0 aromatic heterocycles. The first-order valence-corrected chi connectivity index (χ1v) is 6.20. The van der Waals surface area contributed by atoms with Crippen LogP contribution < -0.4 is 0 Å². The van der Waals surface area contributed by atoms with Crippen molar-refractivity contribution in [3.05, 3.63) is 0 Å². The lowest BCUT2D eigenvalue weighted by atomic mass is 10.4. The molecule has 92 valence electrons. The van der Waals surface area contributed by atoms with Gasteiger partial charge in [0, 0.05) is 6.61 Å². The van der Waals surface area contributed by atoms with E-state index >= 15 is 0 Å². The van der Waals surface area contributed by atoms with Crippen molar-refractivity contribution in [1.82, 2.24) is 0 Å². The van der Waals surface area contributed by atoms with Crippen LogP contribution in [0.4, 0.5) is 0 Å². The van der Waals surface area contributed by atoms with Gasteiger partial charge in [-0.2, -0.15) is 8.42 Å². The Labute approximate surface area is 90.5 Å². The van der Waals surface area contributed by atoms with Gasteiger partial charge in [-0.3, -0.25) is 4.55 Å². The van der Waals surface area contributed by atoms with E-state index in [-0.39, 0.29) is 13.2 Å². The second-order valence-corrected chi connectivity index (χ2v) is 3.92. The molecule has 0 aliphatic carbocycles. The molecule has 0 heterocycles. The first kappa shape index (κ1) is 14.8. The summed E-state index contributed by atoms with van der Waals surface area (Å²) in [5, 5.41) is 0. The SMILES string of the molecule is CCCCOCCOCCOS(=O)(=O)O. The summed E-state index contributed by atoms with van der Waals surface area (Å²) in [6, 6.07) is 0. The van der Waals surface area contributed by atoms with Gasteiger partial charge in [-0.05, 0) is 6.42 Å². The fourth-order valence-electron chi connectivity index (χ4n) is 0.767. The van der Waals surface area contributed by atoms with Crippen LogP contribution in [0.2, 0.25) is 0 Å². The Kier molecular flexibility index (Phi) is 8.92. The molecule has 0 aliphatic heterocycles. The molecule has 6 nitrogen and oxygen atoms in total. The van der Waals surface area contributed by atoms with Crippen LogP contribution in [0.5, 0.6) is 0 Å². The molecule has 0 rings (SSSR count). The van der Waals surface area contributed by atoms with Gasteiger partial charge in [0.25, 0.3) is 0 Å². The third kappa shape index (κ3) is 13.8. The van der Waals surface area contributed by atoms with Gasteiger partial charge in [-0.25, -0.2) is 4.18 Å². The Bertz CT molecular complexity index is 225. The van der Waals surface area contributed by atoms with Gasteiger partial charge in [0.15, 0.2) is 0 Å². The fraction of sp³-hybridized carbons (Fsp3) is 1.00. The van der Waals surface area contributed by atoms with E-state index in [0.717, 1.165) is 12.8 Å². The number of ether oxygens (including phenoxy) is 2. The van der Waals surface area contributed by atoms with E-state index in [1.807, 2.05) is 0 Å². The van der Waals surface area contributed by atoms with Crippen LogP contribution in [0.15, 0.2) is 0 Å². The van der Waals surface area contributed by atoms with Crippen LogP contribution in [0, 0.1) is 0 Å². The maximum Gasteiger partial charge on any atom is 0.397 e. The van der Waals surface area contributed by atoms with Gasteiger partial charge in [-0.1, -0.05) is 13.3 Å². The smallest absolute Gasteiger partial charge is 0.379 e. The minimum atomic E-state index is -4.34. The van der Waals surface area contributed by atoms with Crippen molar-refractivity contribution in [1.29, 1.82) is 0 Å². The monoisotopic (exact) mass is 242 g/mol. The number of hydrogen-bond acceptors (Lipinski definition) is 5. The maximum absolute atomic E-state index is 10.1. The van der Waals surface area contributed by atoms with Crippen LogP contribution >= 0.6 is 0 Å². The highest BCUT2D eigenvalue weighted by molar-refractivity contribution is 7.80. The van der Waals surface area contributed by atoms with Crippen molar-refractivity contribution in [2.24, 2.45) is 0 Å². The highest BCUT2D eigenvalue weighted by Gasteiger charge is 2.02. The van der Waals surface area contributed by atoms with Gasteiger partial charge in [0.2, 0.25) is 0 Å². The molecule has 0 bridgehead atoms. The van der Waals surface area contributed by atoms with Gasteiger partial charge in [-0.15, -0.1) is 0 Å². The lowest BCUT2D eigenvalue weighted by Crippen LogP contribution is -2.12. The van der Waals surface area contributed by atoms with E-state index in [9.17, 15) is 8.42 Å². The van der Waals surface area contributed by atoms with Crippen LogP contribution in [0.25, 0.3) is 0 Å². The Hall–Kier alpha value is -0.210. The van der Waals surface area contributed by atoms with Crippen LogP contribution in [-0.2, 0) is 24.1 Å². The van der Waals surface area contributed by atoms with Crippen molar-refractivity contribution in [3.8, 4) is 0 Å². The van der Waals surface area contributed by atoms with E-state index in [2.05, 4.69) is 11.1 Å². The molecule has 7 heteroatoms. The fourth-order valence-corrected chi connectivity index (χ4v) is 1.05. The summed E-state index contributed by atoms with van der Waals surface area (Å²) in [6.45, 7) is 3.57. The second-order valence-electron chi connectivity index (χ2n) is 2.83. The summed E-state index contributed by atoms with van der Waals surface area (Å²) in [6.07, 6.45) is 2.11. The van der Waals surface area contributed by atoms with E-state index in [0.29, 0.717) is 19.8 Å². The van der Waals surface area contributed by atoms with Crippen molar-refractivity contribution >= 4 is 10.4 Å². The molecule has 0 unspecified atom stereocenters. The first-order chi connectivity index (χ1) is 7.06. The zero-order valence-electron chi connectivity index (χ0n) is 8.85. The average molecular weight is 242 g/mol. The van der Waals surface area contributed by atoms with Crippen molar-refractivity contribution < 1.29 is 26.6 Å². The summed E-state index contributed by atoms with van der Waals surface area (Å²) < 4.78 is 42.6.